The van der Waals surface area contributed by atoms with E-state index < -0.39 is 0 Å². The third-order valence-corrected chi connectivity index (χ3v) is 9.82. The van der Waals surface area contributed by atoms with Crippen molar-refractivity contribution in [1.82, 2.24) is 0 Å². The lowest BCUT2D eigenvalue weighted by atomic mass is 9.76. The van der Waals surface area contributed by atoms with Crippen molar-refractivity contribution in [2.45, 2.75) is 91.4 Å². The molecule has 2 saturated carbocycles. The Hall–Kier alpha value is -2.81. The molecule has 0 aromatic heterocycles. The first-order chi connectivity index (χ1) is 18.2. The van der Waals surface area contributed by atoms with Crippen LogP contribution in [0.5, 0.6) is 0 Å². The minimum Gasteiger partial charge on any atom is -0.294 e. The highest BCUT2D eigenvalue weighted by atomic mass is 16.2. The second-order valence-corrected chi connectivity index (χ2v) is 12.5. The number of Topliss-reactive ketones (excluding diaryl/α,β-unsaturated/α-hetero) is 3. The fraction of sp³-hybridized carbons (Fsp3) is 0.514. The van der Waals surface area contributed by atoms with Crippen LogP contribution in [0.15, 0.2) is 48.0 Å². The number of hydrogen-bond donors (Lipinski definition) is 0. The van der Waals surface area contributed by atoms with Gasteiger partial charge in [-0.05, 0) is 93.4 Å². The van der Waals surface area contributed by atoms with Gasteiger partial charge in [0.1, 0.15) is 0 Å². The van der Waals surface area contributed by atoms with Crippen molar-refractivity contribution in [1.29, 1.82) is 0 Å². The van der Waals surface area contributed by atoms with Crippen LogP contribution in [0.2, 0.25) is 0 Å². The summed E-state index contributed by atoms with van der Waals surface area (Å²) in [5, 5.41) is 0. The Balaban J connectivity index is 1.28. The number of allylic oxidation sites excluding steroid dienone is 2. The highest BCUT2D eigenvalue weighted by Crippen LogP contribution is 2.44. The first-order valence-corrected chi connectivity index (χ1v) is 14.8. The van der Waals surface area contributed by atoms with Gasteiger partial charge in [0.05, 0.1) is 0 Å². The second-order valence-electron chi connectivity index (χ2n) is 12.5. The maximum absolute atomic E-state index is 13.6. The van der Waals surface area contributed by atoms with Gasteiger partial charge in [-0.2, -0.15) is 0 Å². The van der Waals surface area contributed by atoms with Gasteiger partial charge in [-0.1, -0.05) is 74.2 Å². The largest absolute Gasteiger partial charge is 0.294 e. The summed E-state index contributed by atoms with van der Waals surface area (Å²) in [5.41, 5.74) is 6.77. The van der Waals surface area contributed by atoms with E-state index in [2.05, 4.69) is 45.0 Å². The Morgan fingerprint density at radius 2 is 1.39 bits per heavy atom. The second kappa shape index (κ2) is 11.1. The standard InChI is InChI=1S/C35H42O3/c1-21-5-9-25(10-6-21)19-26-11-15-27(16-12-26)33(36)29-17-18-30-23(3)24(4)32(31(30)20-29)35(38)34(37)28-13-7-22(2)8-14-28/h5-6,9-10,17-18,20,22-23,26-28H,7-8,11-16,19H2,1-4H3. The number of carbonyl (C=O) groups is 3. The van der Waals surface area contributed by atoms with Gasteiger partial charge in [-0.3, -0.25) is 14.4 Å². The lowest BCUT2D eigenvalue weighted by Gasteiger charge is -2.28. The smallest absolute Gasteiger partial charge is 0.229 e. The SMILES string of the molecule is CC1=C(C(=O)C(=O)C2CCC(C)CC2)c2cc(C(=O)C3CCC(Cc4ccc(C)cc4)CC3)ccc2C1C. The third kappa shape index (κ3) is 5.35. The van der Waals surface area contributed by atoms with Gasteiger partial charge in [-0.15, -0.1) is 0 Å². The molecule has 200 valence electrons. The highest BCUT2D eigenvalue weighted by Gasteiger charge is 2.37. The molecule has 1 unspecified atom stereocenters. The molecule has 1 atom stereocenters. The molecule has 2 aromatic carbocycles. The van der Waals surface area contributed by atoms with Crippen molar-refractivity contribution in [2.75, 3.05) is 0 Å². The molecule has 0 amide bonds. The molecule has 38 heavy (non-hydrogen) atoms. The quantitative estimate of drug-likeness (QED) is 0.279. The molecule has 0 aliphatic heterocycles. The van der Waals surface area contributed by atoms with E-state index in [1.54, 1.807) is 0 Å². The maximum atomic E-state index is 13.6. The van der Waals surface area contributed by atoms with Crippen LogP contribution in [0.25, 0.3) is 5.57 Å². The number of aryl methyl sites for hydroxylation is 1. The van der Waals surface area contributed by atoms with Crippen LogP contribution in [-0.4, -0.2) is 17.3 Å². The monoisotopic (exact) mass is 510 g/mol. The van der Waals surface area contributed by atoms with Gasteiger partial charge in [0, 0.05) is 28.9 Å². The van der Waals surface area contributed by atoms with Crippen molar-refractivity contribution in [2.24, 2.45) is 23.7 Å². The van der Waals surface area contributed by atoms with Gasteiger partial charge in [-0.25, -0.2) is 0 Å². The third-order valence-electron chi connectivity index (χ3n) is 9.82. The van der Waals surface area contributed by atoms with Crippen LogP contribution >= 0.6 is 0 Å². The van der Waals surface area contributed by atoms with Gasteiger partial charge in [0.15, 0.2) is 5.78 Å². The van der Waals surface area contributed by atoms with Crippen LogP contribution in [0.1, 0.15) is 111 Å². The summed E-state index contributed by atoms with van der Waals surface area (Å²) in [6.45, 7) is 8.41. The molecule has 3 nitrogen and oxygen atoms in total. The normalized spacial score (nSPS) is 27.2. The van der Waals surface area contributed by atoms with Crippen LogP contribution in [0, 0.1) is 30.6 Å². The summed E-state index contributed by atoms with van der Waals surface area (Å²) >= 11 is 0. The average Bonchev–Trinajstić information content (AvgIpc) is 3.18. The summed E-state index contributed by atoms with van der Waals surface area (Å²) in [6, 6.07) is 14.7. The Morgan fingerprint density at radius 1 is 0.763 bits per heavy atom. The van der Waals surface area contributed by atoms with Crippen LogP contribution < -0.4 is 0 Å². The molecule has 2 fully saturated rings. The average molecular weight is 511 g/mol. The van der Waals surface area contributed by atoms with E-state index in [-0.39, 0.29) is 35.1 Å². The lowest BCUT2D eigenvalue weighted by Crippen LogP contribution is -2.28. The van der Waals surface area contributed by atoms with E-state index in [1.807, 2.05) is 25.1 Å². The van der Waals surface area contributed by atoms with E-state index in [1.165, 1.54) is 11.1 Å². The van der Waals surface area contributed by atoms with Crippen molar-refractivity contribution in [3.05, 3.63) is 75.9 Å². The van der Waals surface area contributed by atoms with E-state index in [0.29, 0.717) is 23.0 Å². The molecule has 0 spiro atoms. The molecule has 5 rings (SSSR count). The molecule has 3 heteroatoms. The number of ketones is 3. The lowest BCUT2D eigenvalue weighted by molar-refractivity contribution is -0.136. The zero-order valence-electron chi connectivity index (χ0n) is 23.5. The molecule has 2 aromatic rings. The van der Waals surface area contributed by atoms with Gasteiger partial charge in [0.2, 0.25) is 11.6 Å². The van der Waals surface area contributed by atoms with Crippen LogP contribution in [0.3, 0.4) is 0 Å². The van der Waals surface area contributed by atoms with E-state index in [4.69, 9.17) is 0 Å². The molecular weight excluding hydrogens is 468 g/mol. The summed E-state index contributed by atoms with van der Waals surface area (Å²) in [6.07, 6.45) is 8.72. The fourth-order valence-electron chi connectivity index (χ4n) is 7.02. The summed E-state index contributed by atoms with van der Waals surface area (Å²) in [4.78, 5) is 40.4. The van der Waals surface area contributed by atoms with Gasteiger partial charge >= 0.3 is 0 Å². The van der Waals surface area contributed by atoms with Crippen molar-refractivity contribution < 1.29 is 14.4 Å². The summed E-state index contributed by atoms with van der Waals surface area (Å²) in [5.74, 6) is 0.862. The Bertz CT molecular complexity index is 1250. The predicted molar refractivity (Wildman–Crippen MR) is 153 cm³/mol. The first kappa shape index (κ1) is 26.8. The zero-order valence-corrected chi connectivity index (χ0v) is 23.5. The fourth-order valence-corrected chi connectivity index (χ4v) is 7.02. The number of rotatable bonds is 7. The predicted octanol–water partition coefficient (Wildman–Crippen LogP) is 8.08. The number of hydrogen-bond acceptors (Lipinski definition) is 3. The van der Waals surface area contributed by atoms with Gasteiger partial charge < -0.3 is 0 Å². The Kier molecular flexibility index (Phi) is 7.84. The minimum atomic E-state index is -0.339. The molecular formula is C35H42O3. The van der Waals surface area contributed by atoms with Crippen molar-refractivity contribution in [3.63, 3.8) is 0 Å². The first-order valence-electron chi connectivity index (χ1n) is 14.8. The Labute approximate surface area is 228 Å². The van der Waals surface area contributed by atoms with Crippen molar-refractivity contribution in [3.8, 4) is 0 Å². The van der Waals surface area contributed by atoms with Gasteiger partial charge in [0.25, 0.3) is 0 Å². The molecule has 0 saturated heterocycles. The molecule has 0 heterocycles. The molecule has 3 aliphatic carbocycles. The summed E-state index contributed by atoms with van der Waals surface area (Å²) < 4.78 is 0. The number of carbonyl (C=O) groups excluding carboxylic acids is 3. The Morgan fingerprint density at radius 3 is 2.05 bits per heavy atom. The molecule has 3 aliphatic rings. The number of benzene rings is 2. The maximum Gasteiger partial charge on any atom is 0.229 e. The zero-order chi connectivity index (χ0) is 27.0. The summed E-state index contributed by atoms with van der Waals surface area (Å²) in [7, 11) is 0. The van der Waals surface area contributed by atoms with Crippen LogP contribution in [0.4, 0.5) is 0 Å². The number of fused-ring (bicyclic) bond motifs is 1. The van der Waals surface area contributed by atoms with E-state index >= 15 is 0 Å². The molecule has 0 bridgehead atoms. The van der Waals surface area contributed by atoms with E-state index in [9.17, 15) is 14.4 Å². The topological polar surface area (TPSA) is 51.2 Å². The molecule has 0 radical (unpaired) electrons. The minimum absolute atomic E-state index is 0.0382. The van der Waals surface area contributed by atoms with Crippen LogP contribution in [-0.2, 0) is 16.0 Å². The van der Waals surface area contributed by atoms with E-state index in [0.717, 1.165) is 74.5 Å². The molecule has 0 N–H and O–H groups in total. The van der Waals surface area contributed by atoms with Crippen molar-refractivity contribution >= 4 is 22.9 Å². The highest BCUT2D eigenvalue weighted by molar-refractivity contribution is 6.55.